The van der Waals surface area contributed by atoms with Gasteiger partial charge in [0.25, 0.3) is 5.56 Å². The van der Waals surface area contributed by atoms with Crippen LogP contribution in [-0.4, -0.2) is 33.0 Å². The third-order valence-corrected chi connectivity index (χ3v) is 4.88. The molecule has 0 fully saturated rings. The molecule has 0 radical (unpaired) electrons. The zero-order valence-electron chi connectivity index (χ0n) is 14.6. The van der Waals surface area contributed by atoms with Crippen LogP contribution in [-0.2, 0) is 13.0 Å². The highest BCUT2D eigenvalue weighted by Crippen LogP contribution is 2.46. The van der Waals surface area contributed by atoms with Gasteiger partial charge in [0.2, 0.25) is 5.75 Å². The van der Waals surface area contributed by atoms with Crippen LogP contribution in [0, 0.1) is 0 Å². The standard InChI is InChI=1S/C19H19NO5/c1-22-12-6-5-10-7-8-20-16(10)14(12)11-9-13(23-2)17(24-3)18(25-4)15(11)19(20)21/h5-6,9H,7-8H2,1-4H3. The van der Waals surface area contributed by atoms with E-state index in [2.05, 4.69) is 0 Å². The van der Waals surface area contributed by atoms with E-state index in [1.807, 2.05) is 18.2 Å². The lowest BCUT2D eigenvalue weighted by molar-refractivity contribution is 0.327. The normalized spacial score (nSPS) is 12.6. The lowest BCUT2D eigenvalue weighted by atomic mass is 10.0. The van der Waals surface area contributed by atoms with E-state index in [-0.39, 0.29) is 5.56 Å². The highest BCUT2D eigenvalue weighted by atomic mass is 16.5. The van der Waals surface area contributed by atoms with Crippen molar-refractivity contribution in [2.75, 3.05) is 28.4 Å². The monoisotopic (exact) mass is 341 g/mol. The van der Waals surface area contributed by atoms with Gasteiger partial charge in [-0.25, -0.2) is 0 Å². The number of hydrogen-bond donors (Lipinski definition) is 0. The van der Waals surface area contributed by atoms with Gasteiger partial charge in [0.15, 0.2) is 11.5 Å². The second kappa shape index (κ2) is 5.58. The third-order valence-electron chi connectivity index (χ3n) is 4.88. The largest absolute Gasteiger partial charge is 0.496 e. The van der Waals surface area contributed by atoms with Crippen LogP contribution in [0.25, 0.3) is 21.7 Å². The summed E-state index contributed by atoms with van der Waals surface area (Å²) in [5, 5.41) is 2.11. The molecule has 6 nitrogen and oxygen atoms in total. The molecule has 2 aromatic carbocycles. The number of nitrogens with zero attached hydrogens (tertiary/aromatic N) is 1. The quantitative estimate of drug-likeness (QED) is 0.683. The molecule has 130 valence electrons. The maximum Gasteiger partial charge on any atom is 0.262 e. The van der Waals surface area contributed by atoms with E-state index in [9.17, 15) is 4.79 Å². The molecule has 0 aliphatic carbocycles. The number of rotatable bonds is 4. The van der Waals surface area contributed by atoms with Crippen molar-refractivity contribution in [3.63, 3.8) is 0 Å². The fraction of sp³-hybridized carbons (Fsp3) is 0.316. The van der Waals surface area contributed by atoms with Crippen molar-refractivity contribution in [2.45, 2.75) is 13.0 Å². The molecule has 25 heavy (non-hydrogen) atoms. The van der Waals surface area contributed by atoms with E-state index in [1.54, 1.807) is 18.8 Å². The summed E-state index contributed by atoms with van der Waals surface area (Å²) < 4.78 is 23.9. The average molecular weight is 341 g/mol. The molecule has 0 amide bonds. The van der Waals surface area contributed by atoms with E-state index < -0.39 is 0 Å². The van der Waals surface area contributed by atoms with Gasteiger partial charge >= 0.3 is 0 Å². The first-order valence-corrected chi connectivity index (χ1v) is 8.01. The van der Waals surface area contributed by atoms with Crippen LogP contribution in [0.2, 0.25) is 0 Å². The molecule has 0 spiro atoms. The highest BCUT2D eigenvalue weighted by molar-refractivity contribution is 6.13. The van der Waals surface area contributed by atoms with Gasteiger partial charge in [0.05, 0.1) is 39.3 Å². The highest BCUT2D eigenvalue weighted by Gasteiger charge is 2.26. The molecule has 0 saturated carbocycles. The number of hydrogen-bond acceptors (Lipinski definition) is 5. The molecule has 1 aliphatic heterocycles. The van der Waals surface area contributed by atoms with Gasteiger partial charge in [-0.2, -0.15) is 0 Å². The molecule has 1 aromatic heterocycles. The number of methoxy groups -OCH3 is 4. The molecule has 0 unspecified atom stereocenters. The molecule has 0 saturated heterocycles. The van der Waals surface area contributed by atoms with Crippen molar-refractivity contribution in [1.82, 2.24) is 4.57 Å². The zero-order chi connectivity index (χ0) is 17.7. The van der Waals surface area contributed by atoms with Crippen LogP contribution in [0.15, 0.2) is 23.0 Å². The molecule has 0 N–H and O–H groups in total. The Balaban J connectivity index is 2.35. The Bertz CT molecular complexity index is 1070. The Morgan fingerprint density at radius 3 is 2.24 bits per heavy atom. The number of aryl methyl sites for hydroxylation is 2. The lowest BCUT2D eigenvalue weighted by Crippen LogP contribution is -2.19. The van der Waals surface area contributed by atoms with Crippen LogP contribution in [0.3, 0.4) is 0 Å². The summed E-state index contributed by atoms with van der Waals surface area (Å²) in [5.74, 6) is 2.02. The Hall–Kier alpha value is -2.89. The SMILES string of the molecule is COc1cc2c(c(OC)c1OC)c(=O)n1c3c(ccc(OC)c23)CC1. The van der Waals surface area contributed by atoms with E-state index in [0.29, 0.717) is 34.9 Å². The zero-order valence-corrected chi connectivity index (χ0v) is 14.6. The summed E-state index contributed by atoms with van der Waals surface area (Å²) in [4.78, 5) is 13.2. The van der Waals surface area contributed by atoms with Crippen molar-refractivity contribution in [1.29, 1.82) is 0 Å². The topological polar surface area (TPSA) is 58.9 Å². The van der Waals surface area contributed by atoms with Gasteiger partial charge in [0.1, 0.15) is 5.75 Å². The first-order valence-electron chi connectivity index (χ1n) is 8.01. The van der Waals surface area contributed by atoms with Crippen LogP contribution in [0.5, 0.6) is 23.0 Å². The van der Waals surface area contributed by atoms with Crippen LogP contribution in [0.1, 0.15) is 5.56 Å². The summed E-state index contributed by atoms with van der Waals surface area (Å²) in [7, 11) is 6.25. The summed E-state index contributed by atoms with van der Waals surface area (Å²) in [5.41, 5.74) is 1.97. The lowest BCUT2D eigenvalue weighted by Gasteiger charge is -2.18. The van der Waals surface area contributed by atoms with Gasteiger partial charge in [-0.3, -0.25) is 4.79 Å². The van der Waals surface area contributed by atoms with Gasteiger partial charge < -0.3 is 23.5 Å². The van der Waals surface area contributed by atoms with Crippen molar-refractivity contribution in [2.24, 2.45) is 0 Å². The third kappa shape index (κ3) is 1.94. The minimum atomic E-state index is -0.0905. The molecule has 0 bridgehead atoms. The maximum absolute atomic E-state index is 13.2. The second-order valence-corrected chi connectivity index (χ2v) is 5.93. The second-order valence-electron chi connectivity index (χ2n) is 5.93. The smallest absolute Gasteiger partial charge is 0.262 e. The minimum absolute atomic E-state index is 0.0905. The van der Waals surface area contributed by atoms with E-state index in [4.69, 9.17) is 18.9 Å². The van der Waals surface area contributed by atoms with E-state index in [0.717, 1.165) is 28.3 Å². The van der Waals surface area contributed by atoms with E-state index in [1.165, 1.54) is 14.2 Å². The Morgan fingerprint density at radius 1 is 0.880 bits per heavy atom. The van der Waals surface area contributed by atoms with Gasteiger partial charge in [0, 0.05) is 17.3 Å². The number of pyridine rings is 1. The van der Waals surface area contributed by atoms with Crippen molar-refractivity contribution < 1.29 is 18.9 Å². The molecule has 2 heterocycles. The van der Waals surface area contributed by atoms with Gasteiger partial charge in [-0.15, -0.1) is 0 Å². The number of aromatic nitrogens is 1. The first kappa shape index (κ1) is 15.6. The first-order chi connectivity index (χ1) is 12.2. The van der Waals surface area contributed by atoms with Crippen molar-refractivity contribution in [3.8, 4) is 23.0 Å². The summed E-state index contributed by atoms with van der Waals surface area (Å²) in [6.07, 6.45) is 0.822. The van der Waals surface area contributed by atoms with Crippen LogP contribution < -0.4 is 24.5 Å². The molecule has 4 rings (SSSR count). The number of fused-ring (bicyclic) bond motifs is 2. The molecule has 6 heteroatoms. The average Bonchev–Trinajstić information content (AvgIpc) is 3.08. The summed E-state index contributed by atoms with van der Waals surface area (Å²) in [6.45, 7) is 0.644. The van der Waals surface area contributed by atoms with Crippen molar-refractivity contribution in [3.05, 3.63) is 34.1 Å². The minimum Gasteiger partial charge on any atom is -0.496 e. The number of benzene rings is 2. The Morgan fingerprint density at radius 2 is 1.60 bits per heavy atom. The molecule has 3 aromatic rings. The molecule has 1 aliphatic rings. The molecule has 0 atom stereocenters. The fourth-order valence-electron chi connectivity index (χ4n) is 3.80. The van der Waals surface area contributed by atoms with Crippen LogP contribution in [0.4, 0.5) is 0 Å². The summed E-state index contributed by atoms with van der Waals surface area (Å²) >= 11 is 0. The predicted molar refractivity (Wildman–Crippen MR) is 95.6 cm³/mol. The van der Waals surface area contributed by atoms with E-state index >= 15 is 0 Å². The van der Waals surface area contributed by atoms with Crippen molar-refractivity contribution >= 4 is 21.7 Å². The Kier molecular flexibility index (Phi) is 3.49. The predicted octanol–water partition coefficient (Wildman–Crippen LogP) is 2.75. The number of ether oxygens (including phenoxy) is 4. The molecular weight excluding hydrogens is 322 g/mol. The molecular formula is C19H19NO5. The van der Waals surface area contributed by atoms with Gasteiger partial charge in [-0.1, -0.05) is 6.07 Å². The van der Waals surface area contributed by atoms with Crippen LogP contribution >= 0.6 is 0 Å². The fourth-order valence-corrected chi connectivity index (χ4v) is 3.80. The maximum atomic E-state index is 13.2. The summed E-state index contributed by atoms with van der Waals surface area (Å²) in [6, 6.07) is 5.79. The van der Waals surface area contributed by atoms with Gasteiger partial charge in [-0.05, 0) is 24.1 Å². The Labute approximate surface area is 144 Å².